The van der Waals surface area contributed by atoms with Crippen LogP contribution in [0.3, 0.4) is 0 Å². The van der Waals surface area contributed by atoms with E-state index in [2.05, 4.69) is 5.32 Å². The molecule has 0 saturated heterocycles. The number of rotatable bonds is 4. The number of carbonyl (C=O) groups excluding carboxylic acids is 2. The standard InChI is InChI=1S/C17H17ClN2O3/c1-10-5-3-8-14(15(10)19)17(22)23-11(2)16(21)20-13-7-4-6-12(18)9-13/h3-9,11H,19H2,1-2H3,(H,20,21)/t11-/m0/s1. The number of anilines is 2. The lowest BCUT2D eigenvalue weighted by Gasteiger charge is -2.15. The highest BCUT2D eigenvalue weighted by Crippen LogP contribution is 2.19. The first kappa shape index (κ1) is 16.8. The molecule has 0 bridgehead atoms. The maximum absolute atomic E-state index is 12.1. The first-order chi connectivity index (χ1) is 10.9. The molecule has 1 atom stereocenters. The first-order valence-corrected chi connectivity index (χ1v) is 7.39. The number of carbonyl (C=O) groups is 2. The van der Waals surface area contributed by atoms with Crippen molar-refractivity contribution in [2.24, 2.45) is 0 Å². The predicted octanol–water partition coefficient (Wildman–Crippen LogP) is 3.41. The maximum Gasteiger partial charge on any atom is 0.341 e. The Morgan fingerprint density at radius 2 is 1.91 bits per heavy atom. The van der Waals surface area contributed by atoms with Crippen molar-refractivity contribution in [3.8, 4) is 0 Å². The number of halogens is 1. The molecular weight excluding hydrogens is 316 g/mol. The van der Waals surface area contributed by atoms with Gasteiger partial charge in [0, 0.05) is 16.4 Å². The van der Waals surface area contributed by atoms with Gasteiger partial charge in [0.2, 0.25) is 0 Å². The Kier molecular flexibility index (Phi) is 5.24. The molecule has 2 aromatic carbocycles. The van der Waals surface area contributed by atoms with E-state index in [0.29, 0.717) is 16.4 Å². The largest absolute Gasteiger partial charge is 0.449 e. The molecule has 3 N–H and O–H groups in total. The molecule has 1 amide bonds. The minimum atomic E-state index is -0.971. The van der Waals surface area contributed by atoms with E-state index < -0.39 is 18.0 Å². The molecule has 2 aromatic rings. The van der Waals surface area contributed by atoms with Gasteiger partial charge >= 0.3 is 5.97 Å². The third kappa shape index (κ3) is 4.23. The number of para-hydroxylation sites is 1. The average molecular weight is 333 g/mol. The van der Waals surface area contributed by atoms with Crippen LogP contribution in [0.2, 0.25) is 5.02 Å². The fourth-order valence-corrected chi connectivity index (χ4v) is 2.14. The summed E-state index contributed by atoms with van der Waals surface area (Å²) in [4.78, 5) is 24.2. The summed E-state index contributed by atoms with van der Waals surface area (Å²) in [5, 5.41) is 3.13. The van der Waals surface area contributed by atoms with Crippen LogP contribution < -0.4 is 11.1 Å². The minimum absolute atomic E-state index is 0.243. The van der Waals surface area contributed by atoms with E-state index in [1.807, 2.05) is 0 Å². The Morgan fingerprint density at radius 1 is 1.22 bits per heavy atom. The van der Waals surface area contributed by atoms with Gasteiger partial charge in [-0.2, -0.15) is 0 Å². The molecule has 5 nitrogen and oxygen atoms in total. The summed E-state index contributed by atoms with van der Waals surface area (Å²) in [7, 11) is 0. The van der Waals surface area contributed by atoms with Crippen molar-refractivity contribution < 1.29 is 14.3 Å². The number of nitrogens with two attached hydrogens (primary N) is 1. The minimum Gasteiger partial charge on any atom is -0.449 e. The maximum atomic E-state index is 12.1. The van der Waals surface area contributed by atoms with Crippen LogP contribution in [-0.4, -0.2) is 18.0 Å². The van der Waals surface area contributed by atoms with Crippen LogP contribution >= 0.6 is 11.6 Å². The zero-order chi connectivity index (χ0) is 17.0. The third-order valence-electron chi connectivity index (χ3n) is 3.29. The van der Waals surface area contributed by atoms with Crippen LogP contribution in [0.15, 0.2) is 42.5 Å². The summed E-state index contributed by atoms with van der Waals surface area (Å²) in [6.45, 7) is 3.28. The summed E-state index contributed by atoms with van der Waals surface area (Å²) < 4.78 is 5.17. The molecule has 0 aliphatic heterocycles. The van der Waals surface area contributed by atoms with Gasteiger partial charge in [0.1, 0.15) is 0 Å². The quantitative estimate of drug-likeness (QED) is 0.664. The van der Waals surface area contributed by atoms with Crippen molar-refractivity contribution in [3.05, 3.63) is 58.6 Å². The predicted molar refractivity (Wildman–Crippen MR) is 90.6 cm³/mol. The number of nitrogen functional groups attached to an aromatic ring is 1. The first-order valence-electron chi connectivity index (χ1n) is 7.01. The summed E-state index contributed by atoms with van der Waals surface area (Å²) >= 11 is 5.85. The molecule has 0 heterocycles. The Balaban J connectivity index is 2.03. The molecule has 0 radical (unpaired) electrons. The normalized spacial score (nSPS) is 11.6. The molecule has 0 saturated carbocycles. The van der Waals surface area contributed by atoms with Crippen LogP contribution in [0.1, 0.15) is 22.8 Å². The molecule has 0 unspecified atom stereocenters. The lowest BCUT2D eigenvalue weighted by atomic mass is 10.1. The summed E-state index contributed by atoms with van der Waals surface area (Å²) in [6.07, 6.45) is -0.971. The van der Waals surface area contributed by atoms with E-state index in [-0.39, 0.29) is 5.56 Å². The zero-order valence-electron chi connectivity index (χ0n) is 12.8. The Morgan fingerprint density at radius 3 is 2.61 bits per heavy atom. The summed E-state index contributed by atoms with van der Waals surface area (Å²) in [5.74, 6) is -1.09. The molecule has 0 spiro atoms. The molecule has 2 rings (SSSR count). The second-order valence-electron chi connectivity index (χ2n) is 5.08. The molecule has 0 aliphatic rings. The van der Waals surface area contributed by atoms with Crippen molar-refractivity contribution >= 4 is 34.9 Å². The highest BCUT2D eigenvalue weighted by atomic mass is 35.5. The lowest BCUT2D eigenvalue weighted by Crippen LogP contribution is -2.30. The fraction of sp³-hybridized carbons (Fsp3) is 0.176. The molecule has 0 aromatic heterocycles. The van der Waals surface area contributed by atoms with Gasteiger partial charge in [0.15, 0.2) is 6.10 Å². The molecule has 23 heavy (non-hydrogen) atoms. The SMILES string of the molecule is Cc1cccc(C(=O)O[C@@H](C)C(=O)Nc2cccc(Cl)c2)c1N. The Bertz CT molecular complexity index is 746. The molecule has 120 valence electrons. The highest BCUT2D eigenvalue weighted by molar-refractivity contribution is 6.30. The zero-order valence-corrected chi connectivity index (χ0v) is 13.6. The number of nitrogens with one attached hydrogen (secondary N) is 1. The van der Waals surface area contributed by atoms with Gasteiger partial charge in [-0.15, -0.1) is 0 Å². The number of hydrogen-bond donors (Lipinski definition) is 2. The molecule has 6 heteroatoms. The van der Waals surface area contributed by atoms with Gasteiger partial charge < -0.3 is 15.8 Å². The van der Waals surface area contributed by atoms with Gasteiger partial charge in [-0.1, -0.05) is 29.8 Å². The monoisotopic (exact) mass is 332 g/mol. The smallest absolute Gasteiger partial charge is 0.341 e. The number of aryl methyl sites for hydroxylation is 1. The Labute approximate surface area is 139 Å². The van der Waals surface area contributed by atoms with Crippen LogP contribution in [-0.2, 0) is 9.53 Å². The number of ether oxygens (including phenoxy) is 1. The van der Waals surface area contributed by atoms with Gasteiger partial charge in [-0.25, -0.2) is 4.79 Å². The number of amides is 1. The van der Waals surface area contributed by atoms with Gasteiger partial charge in [-0.05, 0) is 43.7 Å². The molecule has 0 fully saturated rings. The summed E-state index contributed by atoms with van der Waals surface area (Å²) in [5.41, 5.74) is 7.75. The second-order valence-corrected chi connectivity index (χ2v) is 5.52. The second kappa shape index (κ2) is 7.15. The topological polar surface area (TPSA) is 81.4 Å². The summed E-state index contributed by atoms with van der Waals surface area (Å²) in [6, 6.07) is 11.8. The van der Waals surface area contributed by atoms with Gasteiger partial charge in [0.25, 0.3) is 5.91 Å². The number of hydrogen-bond acceptors (Lipinski definition) is 4. The molecule has 0 aliphatic carbocycles. The van der Waals surface area contributed by atoms with Crippen molar-refractivity contribution in [1.29, 1.82) is 0 Å². The van der Waals surface area contributed by atoms with Gasteiger partial charge in [-0.3, -0.25) is 4.79 Å². The highest BCUT2D eigenvalue weighted by Gasteiger charge is 2.20. The van der Waals surface area contributed by atoms with E-state index in [1.54, 1.807) is 49.4 Å². The van der Waals surface area contributed by atoms with Crippen LogP contribution in [0.5, 0.6) is 0 Å². The number of esters is 1. The van der Waals surface area contributed by atoms with Crippen molar-refractivity contribution in [1.82, 2.24) is 0 Å². The average Bonchev–Trinajstić information content (AvgIpc) is 2.49. The van der Waals surface area contributed by atoms with Crippen LogP contribution in [0, 0.1) is 6.92 Å². The fourth-order valence-electron chi connectivity index (χ4n) is 1.95. The van der Waals surface area contributed by atoms with Crippen molar-refractivity contribution in [3.63, 3.8) is 0 Å². The third-order valence-corrected chi connectivity index (χ3v) is 3.52. The van der Waals surface area contributed by atoms with E-state index in [1.165, 1.54) is 6.92 Å². The number of benzene rings is 2. The van der Waals surface area contributed by atoms with Crippen molar-refractivity contribution in [2.45, 2.75) is 20.0 Å². The van der Waals surface area contributed by atoms with Crippen LogP contribution in [0.4, 0.5) is 11.4 Å². The lowest BCUT2D eigenvalue weighted by molar-refractivity contribution is -0.123. The van der Waals surface area contributed by atoms with Crippen molar-refractivity contribution in [2.75, 3.05) is 11.1 Å². The van der Waals surface area contributed by atoms with Gasteiger partial charge in [0.05, 0.1) is 5.56 Å². The van der Waals surface area contributed by atoms with E-state index in [4.69, 9.17) is 22.1 Å². The van der Waals surface area contributed by atoms with E-state index in [0.717, 1.165) is 5.56 Å². The van der Waals surface area contributed by atoms with E-state index >= 15 is 0 Å². The molecular formula is C17H17ClN2O3. The van der Waals surface area contributed by atoms with Crippen LogP contribution in [0.25, 0.3) is 0 Å². The Hall–Kier alpha value is -2.53. The van der Waals surface area contributed by atoms with E-state index in [9.17, 15) is 9.59 Å².